The van der Waals surface area contributed by atoms with Gasteiger partial charge in [-0.3, -0.25) is 14.5 Å². The number of nitrogens with zero attached hydrogens (tertiary/aromatic N) is 2. The van der Waals surface area contributed by atoms with Crippen LogP contribution >= 0.6 is 0 Å². The summed E-state index contributed by atoms with van der Waals surface area (Å²) in [6.45, 7) is 9.80. The quantitative estimate of drug-likeness (QED) is 0.588. The SMILES string of the molecule is Cc1ccc(-n2c(C)cc(C(=O)CN3C(=O)N[C@@]4(CCCC[C@@H]4C)C3=O)c2C)cc1C. The van der Waals surface area contributed by atoms with E-state index in [1.807, 2.05) is 32.9 Å². The van der Waals surface area contributed by atoms with E-state index in [-0.39, 0.29) is 24.2 Å². The third kappa shape index (κ3) is 3.38. The van der Waals surface area contributed by atoms with E-state index in [4.69, 9.17) is 0 Å². The fraction of sp³-hybridized carbons (Fsp3) is 0.480. The Bertz CT molecular complexity index is 1080. The minimum atomic E-state index is -0.841. The van der Waals surface area contributed by atoms with Gasteiger partial charge in [-0.1, -0.05) is 25.8 Å². The van der Waals surface area contributed by atoms with E-state index in [1.54, 1.807) is 0 Å². The van der Waals surface area contributed by atoms with Crippen molar-refractivity contribution < 1.29 is 14.4 Å². The predicted octanol–water partition coefficient (Wildman–Crippen LogP) is 4.39. The molecule has 2 aromatic rings. The maximum Gasteiger partial charge on any atom is 0.325 e. The molecule has 164 valence electrons. The maximum atomic E-state index is 13.2. The first-order valence-electron chi connectivity index (χ1n) is 11.1. The fourth-order valence-electron chi connectivity index (χ4n) is 5.17. The normalized spacial score (nSPS) is 23.5. The number of carbonyl (C=O) groups is 3. The molecule has 1 aromatic carbocycles. The smallest absolute Gasteiger partial charge is 0.323 e. The molecule has 1 spiro atoms. The van der Waals surface area contributed by atoms with Crippen molar-refractivity contribution in [2.45, 2.75) is 65.8 Å². The van der Waals surface area contributed by atoms with Crippen molar-refractivity contribution in [3.8, 4) is 5.69 Å². The van der Waals surface area contributed by atoms with Crippen LogP contribution in [0.3, 0.4) is 0 Å². The van der Waals surface area contributed by atoms with E-state index in [0.29, 0.717) is 12.0 Å². The summed E-state index contributed by atoms with van der Waals surface area (Å²) in [6, 6.07) is 7.63. The van der Waals surface area contributed by atoms with Crippen LogP contribution in [-0.2, 0) is 4.79 Å². The highest BCUT2D eigenvalue weighted by Gasteiger charge is 2.55. The standard InChI is InChI=1S/C25H31N3O3/c1-15-9-10-20(12-16(15)2)28-18(4)13-21(19(28)5)22(29)14-27-23(30)25(26-24(27)31)11-7-6-8-17(25)3/h9-10,12-13,17H,6-8,11,14H2,1-5H3,(H,26,31)/t17-,25+/m0/s1. The van der Waals surface area contributed by atoms with Gasteiger partial charge in [-0.15, -0.1) is 0 Å². The highest BCUT2D eigenvalue weighted by Crippen LogP contribution is 2.38. The molecule has 2 heterocycles. The molecule has 0 unspecified atom stereocenters. The molecule has 2 atom stereocenters. The van der Waals surface area contributed by atoms with Crippen molar-refractivity contribution in [1.29, 1.82) is 0 Å². The van der Waals surface area contributed by atoms with Crippen molar-refractivity contribution in [3.63, 3.8) is 0 Å². The second-order valence-corrected chi connectivity index (χ2v) is 9.25. The number of benzene rings is 1. The first-order valence-corrected chi connectivity index (χ1v) is 11.1. The first-order chi connectivity index (χ1) is 14.7. The molecule has 6 heteroatoms. The molecule has 2 aliphatic rings. The highest BCUT2D eigenvalue weighted by atomic mass is 16.2. The van der Waals surface area contributed by atoms with Crippen molar-refractivity contribution in [3.05, 3.63) is 52.3 Å². The zero-order valence-electron chi connectivity index (χ0n) is 19.0. The van der Waals surface area contributed by atoms with Crippen LogP contribution in [0.1, 0.15) is 65.5 Å². The molecule has 1 N–H and O–H groups in total. The average molecular weight is 422 g/mol. The molecule has 1 aliphatic carbocycles. The van der Waals surface area contributed by atoms with Crippen LogP contribution in [0.4, 0.5) is 4.79 Å². The number of urea groups is 1. The van der Waals surface area contributed by atoms with Crippen molar-refractivity contribution in [2.75, 3.05) is 6.54 Å². The molecule has 1 saturated heterocycles. The lowest BCUT2D eigenvalue weighted by Crippen LogP contribution is -2.54. The molecule has 0 bridgehead atoms. The summed E-state index contributed by atoms with van der Waals surface area (Å²) in [7, 11) is 0. The summed E-state index contributed by atoms with van der Waals surface area (Å²) < 4.78 is 2.05. The summed E-state index contributed by atoms with van der Waals surface area (Å²) in [5.41, 5.74) is 4.87. The molecule has 6 nitrogen and oxygen atoms in total. The minimum absolute atomic E-state index is 0.0765. The summed E-state index contributed by atoms with van der Waals surface area (Å²) in [4.78, 5) is 40.2. The molecule has 1 aliphatic heterocycles. The van der Waals surface area contributed by atoms with Gasteiger partial charge in [-0.05, 0) is 75.8 Å². The lowest BCUT2D eigenvalue weighted by atomic mass is 9.73. The topological polar surface area (TPSA) is 71.4 Å². The molecule has 0 radical (unpaired) electrons. The zero-order valence-corrected chi connectivity index (χ0v) is 19.0. The van der Waals surface area contributed by atoms with Gasteiger partial charge in [0.25, 0.3) is 5.91 Å². The van der Waals surface area contributed by atoms with Crippen molar-refractivity contribution >= 4 is 17.7 Å². The first kappa shape index (κ1) is 21.3. The second-order valence-electron chi connectivity index (χ2n) is 9.25. The molecule has 1 aromatic heterocycles. The third-order valence-electron chi connectivity index (χ3n) is 7.28. The number of hydrogen-bond donors (Lipinski definition) is 1. The number of ketones is 1. The number of amides is 3. The van der Waals surface area contributed by atoms with E-state index in [0.717, 1.165) is 41.2 Å². The van der Waals surface area contributed by atoms with Crippen LogP contribution in [0.15, 0.2) is 24.3 Å². The van der Waals surface area contributed by atoms with Gasteiger partial charge in [0, 0.05) is 22.6 Å². The van der Waals surface area contributed by atoms with Gasteiger partial charge in [0.2, 0.25) is 0 Å². The number of hydrogen-bond acceptors (Lipinski definition) is 3. The summed E-state index contributed by atoms with van der Waals surface area (Å²) in [6.07, 6.45) is 3.53. The second kappa shape index (κ2) is 7.66. The largest absolute Gasteiger partial charge is 0.325 e. The number of imide groups is 1. The van der Waals surface area contributed by atoms with E-state index in [1.165, 1.54) is 11.1 Å². The summed E-state index contributed by atoms with van der Waals surface area (Å²) in [5.74, 6) is -0.388. The minimum Gasteiger partial charge on any atom is -0.323 e. The summed E-state index contributed by atoms with van der Waals surface area (Å²) in [5, 5.41) is 2.92. The van der Waals surface area contributed by atoms with Crippen LogP contribution in [0.5, 0.6) is 0 Å². The Hall–Kier alpha value is -2.89. The third-order valence-corrected chi connectivity index (χ3v) is 7.28. The van der Waals surface area contributed by atoms with Gasteiger partial charge in [0.15, 0.2) is 5.78 Å². The number of nitrogens with one attached hydrogen (secondary N) is 1. The van der Waals surface area contributed by atoms with Crippen LogP contribution in [0.2, 0.25) is 0 Å². The Labute approximate surface area is 183 Å². The van der Waals surface area contributed by atoms with Crippen molar-refractivity contribution in [1.82, 2.24) is 14.8 Å². The molecule has 31 heavy (non-hydrogen) atoms. The van der Waals surface area contributed by atoms with Gasteiger partial charge in [-0.25, -0.2) is 4.79 Å². The number of aromatic nitrogens is 1. The van der Waals surface area contributed by atoms with Gasteiger partial charge in [0.05, 0.1) is 6.54 Å². The number of carbonyl (C=O) groups excluding carboxylic acids is 3. The van der Waals surface area contributed by atoms with Crippen LogP contribution in [0.25, 0.3) is 5.69 Å². The summed E-state index contributed by atoms with van der Waals surface area (Å²) >= 11 is 0. The molecular weight excluding hydrogens is 390 g/mol. The average Bonchev–Trinajstić information content (AvgIpc) is 3.15. The Kier molecular flexibility index (Phi) is 5.28. The lowest BCUT2D eigenvalue weighted by Gasteiger charge is -2.36. The maximum absolute atomic E-state index is 13.2. The number of aryl methyl sites for hydroxylation is 3. The fourth-order valence-corrected chi connectivity index (χ4v) is 5.17. The zero-order chi connectivity index (χ0) is 22.5. The number of rotatable bonds is 4. The van der Waals surface area contributed by atoms with Gasteiger partial charge < -0.3 is 9.88 Å². The Balaban J connectivity index is 1.60. The van der Waals surface area contributed by atoms with Gasteiger partial charge in [0.1, 0.15) is 5.54 Å². The Morgan fingerprint density at radius 3 is 2.52 bits per heavy atom. The van der Waals surface area contributed by atoms with E-state index in [2.05, 4.69) is 35.9 Å². The predicted molar refractivity (Wildman–Crippen MR) is 120 cm³/mol. The molecule has 1 saturated carbocycles. The van der Waals surface area contributed by atoms with E-state index < -0.39 is 11.6 Å². The Morgan fingerprint density at radius 1 is 1.10 bits per heavy atom. The molecular formula is C25H31N3O3. The van der Waals surface area contributed by atoms with Crippen LogP contribution in [-0.4, -0.2) is 39.3 Å². The monoisotopic (exact) mass is 421 g/mol. The molecule has 4 rings (SSSR count). The van der Waals surface area contributed by atoms with Gasteiger partial charge in [-0.2, -0.15) is 0 Å². The molecule has 2 fully saturated rings. The lowest BCUT2D eigenvalue weighted by molar-refractivity contribution is -0.133. The van der Waals surface area contributed by atoms with Crippen LogP contribution < -0.4 is 5.32 Å². The number of Topliss-reactive ketones (excluding diaryl/α,β-unsaturated/α-hetero) is 1. The Morgan fingerprint density at radius 2 is 1.84 bits per heavy atom. The van der Waals surface area contributed by atoms with Crippen molar-refractivity contribution in [2.24, 2.45) is 5.92 Å². The van der Waals surface area contributed by atoms with E-state index >= 15 is 0 Å². The van der Waals surface area contributed by atoms with Gasteiger partial charge >= 0.3 is 6.03 Å². The highest BCUT2D eigenvalue weighted by molar-refractivity contribution is 6.11. The van der Waals surface area contributed by atoms with Crippen LogP contribution in [0, 0.1) is 33.6 Å². The molecule has 3 amide bonds. The van der Waals surface area contributed by atoms with E-state index in [9.17, 15) is 14.4 Å².